The van der Waals surface area contributed by atoms with Crippen molar-refractivity contribution in [1.29, 1.82) is 0 Å². The van der Waals surface area contributed by atoms with Crippen molar-refractivity contribution in [3.63, 3.8) is 0 Å². The maximum atomic E-state index is 11.1. The molecule has 2 aromatic rings. The lowest BCUT2D eigenvalue weighted by molar-refractivity contribution is 0.101. The molecule has 0 atom stereocenters. The minimum absolute atomic E-state index is 0.0246. The molecule has 0 unspecified atom stereocenters. The molecule has 3 heteroatoms. The van der Waals surface area contributed by atoms with Crippen LogP contribution in [0.15, 0.2) is 23.6 Å². The third kappa shape index (κ3) is 1.31. The van der Waals surface area contributed by atoms with Crippen LogP contribution in [0.5, 0.6) is 5.75 Å². The molecule has 0 amide bonds. The number of Topliss-reactive ketones (excluding diaryl/α,β-unsaturated/α-hetero) is 1. The second-order valence-electron chi connectivity index (χ2n) is 2.89. The molecule has 1 aromatic heterocycles. The fourth-order valence-corrected chi connectivity index (χ4v) is 2.06. The third-order valence-electron chi connectivity index (χ3n) is 1.94. The van der Waals surface area contributed by atoms with E-state index in [1.54, 1.807) is 6.07 Å². The molecule has 1 aromatic carbocycles. The highest BCUT2D eigenvalue weighted by molar-refractivity contribution is 7.17. The van der Waals surface area contributed by atoms with Gasteiger partial charge in [-0.2, -0.15) is 0 Å². The number of phenolic OH excluding ortho intramolecular Hbond substituents is 1. The zero-order valence-corrected chi connectivity index (χ0v) is 7.89. The van der Waals surface area contributed by atoms with Gasteiger partial charge in [-0.25, -0.2) is 0 Å². The Kier molecular flexibility index (Phi) is 1.81. The lowest BCUT2D eigenvalue weighted by atomic mass is 10.1. The van der Waals surface area contributed by atoms with Crippen LogP contribution in [0.25, 0.3) is 10.1 Å². The Labute approximate surface area is 79.4 Å². The lowest BCUT2D eigenvalue weighted by Crippen LogP contribution is -1.90. The van der Waals surface area contributed by atoms with Gasteiger partial charge in [0, 0.05) is 5.56 Å². The standard InChI is InChI=1S/C10H8O2S/c1-6(11)8-4-7-2-3-13-10(7)9(12)5-8/h2-5,12H,1H3. The largest absolute Gasteiger partial charge is 0.506 e. The molecule has 66 valence electrons. The van der Waals surface area contributed by atoms with E-state index in [2.05, 4.69) is 0 Å². The first-order valence-electron chi connectivity index (χ1n) is 3.89. The second-order valence-corrected chi connectivity index (χ2v) is 3.81. The Morgan fingerprint density at radius 2 is 2.23 bits per heavy atom. The van der Waals surface area contributed by atoms with E-state index in [4.69, 9.17) is 0 Å². The summed E-state index contributed by atoms with van der Waals surface area (Å²) < 4.78 is 0.838. The van der Waals surface area contributed by atoms with Gasteiger partial charge in [-0.1, -0.05) is 0 Å². The van der Waals surface area contributed by atoms with Gasteiger partial charge in [-0.05, 0) is 35.9 Å². The summed E-state index contributed by atoms with van der Waals surface area (Å²) in [5.41, 5.74) is 0.559. The van der Waals surface area contributed by atoms with Gasteiger partial charge < -0.3 is 5.11 Å². The minimum atomic E-state index is -0.0246. The first-order chi connectivity index (χ1) is 6.18. The number of fused-ring (bicyclic) bond motifs is 1. The van der Waals surface area contributed by atoms with Gasteiger partial charge in [0.25, 0.3) is 0 Å². The Balaban J connectivity index is 2.77. The van der Waals surface area contributed by atoms with Gasteiger partial charge in [0.15, 0.2) is 5.78 Å². The normalized spacial score (nSPS) is 10.5. The molecule has 0 fully saturated rings. The van der Waals surface area contributed by atoms with Crippen molar-refractivity contribution >= 4 is 27.2 Å². The molecule has 0 aliphatic heterocycles. The van der Waals surface area contributed by atoms with Crippen LogP contribution in [0.2, 0.25) is 0 Å². The Morgan fingerprint density at radius 1 is 1.46 bits per heavy atom. The average molecular weight is 192 g/mol. The van der Waals surface area contributed by atoms with Crippen LogP contribution in [0.3, 0.4) is 0 Å². The summed E-state index contributed by atoms with van der Waals surface area (Å²) >= 11 is 1.47. The Hall–Kier alpha value is -1.35. The van der Waals surface area contributed by atoms with Gasteiger partial charge in [0.05, 0.1) is 4.70 Å². The number of hydrogen-bond donors (Lipinski definition) is 1. The maximum absolute atomic E-state index is 11.1. The summed E-state index contributed by atoms with van der Waals surface area (Å²) in [5.74, 6) is 0.168. The Morgan fingerprint density at radius 3 is 2.92 bits per heavy atom. The molecular formula is C10H8O2S. The average Bonchev–Trinajstić information content (AvgIpc) is 2.51. The number of ketones is 1. The summed E-state index contributed by atoms with van der Waals surface area (Å²) in [6, 6.07) is 5.21. The van der Waals surface area contributed by atoms with Gasteiger partial charge >= 0.3 is 0 Å². The first kappa shape index (κ1) is 8.26. The fraction of sp³-hybridized carbons (Fsp3) is 0.100. The smallest absolute Gasteiger partial charge is 0.159 e. The number of hydrogen-bond acceptors (Lipinski definition) is 3. The monoisotopic (exact) mass is 192 g/mol. The molecule has 2 nitrogen and oxygen atoms in total. The predicted molar refractivity (Wildman–Crippen MR) is 53.5 cm³/mol. The molecule has 2 rings (SSSR count). The van der Waals surface area contributed by atoms with Crippen molar-refractivity contribution in [1.82, 2.24) is 0 Å². The van der Waals surface area contributed by atoms with Crippen LogP contribution in [0, 0.1) is 0 Å². The number of phenols is 1. The van der Waals surface area contributed by atoms with Gasteiger partial charge in [0.1, 0.15) is 5.75 Å². The SMILES string of the molecule is CC(=O)c1cc(O)c2sccc2c1. The quantitative estimate of drug-likeness (QED) is 0.705. The molecule has 0 spiro atoms. The number of thiophene rings is 1. The highest BCUT2D eigenvalue weighted by Gasteiger charge is 2.06. The van der Waals surface area contributed by atoms with Crippen LogP contribution in [0.4, 0.5) is 0 Å². The zero-order chi connectivity index (χ0) is 9.42. The van der Waals surface area contributed by atoms with E-state index >= 15 is 0 Å². The fourth-order valence-electron chi connectivity index (χ4n) is 1.27. The molecular weight excluding hydrogens is 184 g/mol. The van der Waals surface area contributed by atoms with Crippen LogP contribution in [-0.4, -0.2) is 10.9 Å². The third-order valence-corrected chi connectivity index (χ3v) is 2.89. The minimum Gasteiger partial charge on any atom is -0.506 e. The number of carbonyl (C=O) groups is 1. The number of aromatic hydroxyl groups is 1. The van der Waals surface area contributed by atoms with Crippen molar-refractivity contribution in [2.24, 2.45) is 0 Å². The number of benzene rings is 1. The highest BCUT2D eigenvalue weighted by Crippen LogP contribution is 2.31. The van der Waals surface area contributed by atoms with E-state index in [0.29, 0.717) is 5.56 Å². The number of carbonyl (C=O) groups excluding carboxylic acids is 1. The summed E-state index contributed by atoms with van der Waals surface area (Å²) in [7, 11) is 0. The van der Waals surface area contributed by atoms with Crippen LogP contribution in [0.1, 0.15) is 17.3 Å². The van der Waals surface area contributed by atoms with Crippen molar-refractivity contribution in [2.75, 3.05) is 0 Å². The molecule has 1 heterocycles. The Bertz CT molecular complexity index is 471. The molecule has 0 aliphatic carbocycles. The van der Waals surface area contributed by atoms with Crippen molar-refractivity contribution < 1.29 is 9.90 Å². The highest BCUT2D eigenvalue weighted by atomic mass is 32.1. The second kappa shape index (κ2) is 2.85. The molecule has 0 saturated heterocycles. The first-order valence-corrected chi connectivity index (χ1v) is 4.77. The van der Waals surface area contributed by atoms with Crippen LogP contribution in [-0.2, 0) is 0 Å². The molecule has 0 bridgehead atoms. The van der Waals surface area contributed by atoms with Gasteiger partial charge in [-0.3, -0.25) is 4.79 Å². The summed E-state index contributed by atoms with van der Waals surface area (Å²) in [5, 5.41) is 12.4. The summed E-state index contributed by atoms with van der Waals surface area (Å²) in [6.45, 7) is 1.49. The van der Waals surface area contributed by atoms with E-state index < -0.39 is 0 Å². The van der Waals surface area contributed by atoms with Crippen LogP contribution >= 0.6 is 11.3 Å². The van der Waals surface area contributed by atoms with Crippen LogP contribution < -0.4 is 0 Å². The zero-order valence-electron chi connectivity index (χ0n) is 7.07. The maximum Gasteiger partial charge on any atom is 0.159 e. The molecule has 0 radical (unpaired) electrons. The molecule has 0 aliphatic rings. The van der Waals surface area contributed by atoms with Gasteiger partial charge in [0.2, 0.25) is 0 Å². The summed E-state index contributed by atoms with van der Waals surface area (Å²) in [4.78, 5) is 11.1. The van der Waals surface area contributed by atoms with Gasteiger partial charge in [-0.15, -0.1) is 11.3 Å². The molecule has 13 heavy (non-hydrogen) atoms. The molecule has 1 N–H and O–H groups in total. The van der Waals surface area contributed by atoms with E-state index in [1.165, 1.54) is 24.3 Å². The van der Waals surface area contributed by atoms with E-state index in [-0.39, 0.29) is 11.5 Å². The van der Waals surface area contributed by atoms with Crippen molar-refractivity contribution in [3.8, 4) is 5.75 Å². The lowest BCUT2D eigenvalue weighted by Gasteiger charge is -1.98. The van der Waals surface area contributed by atoms with Crippen molar-refractivity contribution in [2.45, 2.75) is 6.92 Å². The number of rotatable bonds is 1. The van der Waals surface area contributed by atoms with E-state index in [0.717, 1.165) is 10.1 Å². The topological polar surface area (TPSA) is 37.3 Å². The summed E-state index contributed by atoms with van der Waals surface area (Å²) in [6.07, 6.45) is 0. The van der Waals surface area contributed by atoms with Crippen molar-refractivity contribution in [3.05, 3.63) is 29.1 Å². The predicted octanol–water partition coefficient (Wildman–Crippen LogP) is 2.81. The van der Waals surface area contributed by atoms with E-state index in [1.807, 2.05) is 11.4 Å². The van der Waals surface area contributed by atoms with E-state index in [9.17, 15) is 9.90 Å². The molecule has 0 saturated carbocycles.